The summed E-state index contributed by atoms with van der Waals surface area (Å²) in [5.74, 6) is -0.846. The molecule has 1 aliphatic heterocycles. The van der Waals surface area contributed by atoms with Gasteiger partial charge in [-0.1, -0.05) is 19.1 Å². The Morgan fingerprint density at radius 2 is 2.03 bits per heavy atom. The molecule has 186 valence electrons. The third kappa shape index (κ3) is 7.20. The number of nitrogen functional groups attached to an aromatic ring is 1. The minimum Gasteiger partial charge on any atom is -0.490 e. The zero-order valence-corrected chi connectivity index (χ0v) is 19.6. The predicted octanol–water partition coefficient (Wildman–Crippen LogP) is 3.14. The monoisotopic (exact) mass is 482 g/mol. The Kier molecular flexibility index (Phi) is 8.66. The second kappa shape index (κ2) is 11.9. The second-order valence-corrected chi connectivity index (χ2v) is 8.21. The summed E-state index contributed by atoms with van der Waals surface area (Å²) >= 11 is 0. The van der Waals surface area contributed by atoms with Gasteiger partial charge < -0.3 is 30.5 Å². The quantitative estimate of drug-likeness (QED) is 0.283. The van der Waals surface area contributed by atoms with E-state index in [1.165, 1.54) is 6.07 Å². The van der Waals surface area contributed by atoms with Crippen molar-refractivity contribution < 1.29 is 29.0 Å². The molecule has 10 heteroatoms. The average Bonchev–Trinajstić information content (AvgIpc) is 2.83. The number of carboxylic acid groups (broad SMARTS) is 1. The van der Waals surface area contributed by atoms with E-state index in [1.807, 2.05) is 6.92 Å². The Balaban J connectivity index is 1.70. The van der Waals surface area contributed by atoms with Gasteiger partial charge in [0.05, 0.1) is 12.1 Å². The van der Waals surface area contributed by atoms with Crippen LogP contribution in [-0.4, -0.2) is 48.0 Å². The van der Waals surface area contributed by atoms with Crippen molar-refractivity contribution in [3.8, 4) is 11.5 Å². The van der Waals surface area contributed by atoms with Gasteiger partial charge in [-0.15, -0.1) is 0 Å². The Morgan fingerprint density at radius 1 is 1.23 bits per heavy atom. The van der Waals surface area contributed by atoms with Crippen molar-refractivity contribution in [3.05, 3.63) is 48.0 Å². The van der Waals surface area contributed by atoms with Gasteiger partial charge in [-0.05, 0) is 43.5 Å². The number of carboxylic acids is 1. The molecule has 1 unspecified atom stereocenters. The molecular formula is C25H30N4O6. The van der Waals surface area contributed by atoms with Crippen LogP contribution in [0.4, 0.5) is 11.4 Å². The molecule has 5 N–H and O–H groups in total. The van der Waals surface area contributed by atoms with Gasteiger partial charge in [0.1, 0.15) is 23.4 Å². The van der Waals surface area contributed by atoms with Crippen molar-refractivity contribution in [2.24, 2.45) is 5.73 Å². The van der Waals surface area contributed by atoms with E-state index in [0.29, 0.717) is 42.1 Å². The molecule has 35 heavy (non-hydrogen) atoms. The summed E-state index contributed by atoms with van der Waals surface area (Å²) in [7, 11) is 0. The number of hydrogen-bond acceptors (Lipinski definition) is 6. The maximum absolute atomic E-state index is 12.7. The standard InChI is InChI=1S/C25H30N4O6/c1-2-18(35-19-7-5-6-16(12-19)25(26)27)14-22(30)28-17-9-10-20(21(13-17)34-15-24(32)33)29-11-4-3-8-23(29)31/h5-7,9-10,12-13,18H,2-4,8,11,14-15H2,1H3,(H3,26,27)(H,28,30)(H,32,33). The van der Waals surface area contributed by atoms with Gasteiger partial charge in [-0.2, -0.15) is 0 Å². The van der Waals surface area contributed by atoms with Crippen LogP contribution in [-0.2, 0) is 14.4 Å². The van der Waals surface area contributed by atoms with E-state index >= 15 is 0 Å². The van der Waals surface area contributed by atoms with E-state index in [0.717, 1.165) is 12.8 Å². The number of rotatable bonds is 11. The van der Waals surface area contributed by atoms with Crippen molar-refractivity contribution in [1.82, 2.24) is 0 Å². The normalized spacial score (nSPS) is 14.2. The predicted molar refractivity (Wildman–Crippen MR) is 131 cm³/mol. The Labute approximate surface area is 203 Å². The Bertz CT molecular complexity index is 1100. The minimum atomic E-state index is -1.15. The minimum absolute atomic E-state index is 0.0509. The van der Waals surface area contributed by atoms with E-state index < -0.39 is 18.7 Å². The summed E-state index contributed by atoms with van der Waals surface area (Å²) in [5.41, 5.74) is 6.95. The highest BCUT2D eigenvalue weighted by Gasteiger charge is 2.24. The van der Waals surface area contributed by atoms with E-state index in [-0.39, 0.29) is 29.8 Å². The lowest BCUT2D eigenvalue weighted by Crippen LogP contribution is -2.35. The Hall–Kier alpha value is -4.08. The number of piperidine rings is 1. The van der Waals surface area contributed by atoms with Crippen LogP contribution in [0.25, 0.3) is 0 Å². The molecule has 1 saturated heterocycles. The molecule has 1 fully saturated rings. The van der Waals surface area contributed by atoms with Crippen LogP contribution in [0.15, 0.2) is 42.5 Å². The first-order valence-corrected chi connectivity index (χ1v) is 11.5. The first-order valence-electron chi connectivity index (χ1n) is 11.5. The van der Waals surface area contributed by atoms with E-state index in [2.05, 4.69) is 5.32 Å². The molecule has 0 spiro atoms. The van der Waals surface area contributed by atoms with Gasteiger partial charge in [-0.25, -0.2) is 4.79 Å². The summed E-state index contributed by atoms with van der Waals surface area (Å²) in [6.07, 6.45) is 2.30. The van der Waals surface area contributed by atoms with Crippen LogP contribution in [0.2, 0.25) is 0 Å². The maximum Gasteiger partial charge on any atom is 0.341 e. The van der Waals surface area contributed by atoms with Crippen molar-refractivity contribution >= 4 is 35.0 Å². The third-order valence-corrected chi connectivity index (χ3v) is 5.53. The van der Waals surface area contributed by atoms with Crippen LogP contribution in [0.1, 0.15) is 44.6 Å². The molecule has 1 heterocycles. The van der Waals surface area contributed by atoms with Crippen LogP contribution in [0.5, 0.6) is 11.5 Å². The van der Waals surface area contributed by atoms with E-state index in [9.17, 15) is 14.4 Å². The van der Waals surface area contributed by atoms with Crippen LogP contribution < -0.4 is 25.4 Å². The van der Waals surface area contributed by atoms with Crippen LogP contribution >= 0.6 is 0 Å². The first kappa shape index (κ1) is 25.5. The lowest BCUT2D eigenvalue weighted by atomic mass is 10.1. The number of nitrogens with two attached hydrogens (primary N) is 1. The summed E-state index contributed by atoms with van der Waals surface area (Å²) in [6.45, 7) is 1.85. The highest BCUT2D eigenvalue weighted by molar-refractivity contribution is 5.97. The fraction of sp³-hybridized carbons (Fsp3) is 0.360. The first-order chi connectivity index (χ1) is 16.8. The summed E-state index contributed by atoms with van der Waals surface area (Å²) in [5, 5.41) is 19.4. The highest BCUT2D eigenvalue weighted by atomic mass is 16.5. The van der Waals surface area contributed by atoms with Gasteiger partial charge in [0, 0.05) is 30.3 Å². The number of benzene rings is 2. The number of carbonyl (C=O) groups excluding carboxylic acids is 2. The average molecular weight is 483 g/mol. The molecule has 0 aromatic heterocycles. The van der Waals surface area contributed by atoms with Crippen LogP contribution in [0, 0.1) is 5.41 Å². The van der Waals surface area contributed by atoms with E-state index in [4.69, 9.17) is 25.7 Å². The molecule has 1 aliphatic rings. The topological polar surface area (TPSA) is 155 Å². The number of ether oxygens (including phenoxy) is 2. The number of anilines is 2. The molecular weight excluding hydrogens is 452 g/mol. The molecule has 0 aliphatic carbocycles. The van der Waals surface area contributed by atoms with Crippen molar-refractivity contribution in [1.29, 1.82) is 5.41 Å². The number of aliphatic carboxylic acids is 1. The van der Waals surface area contributed by atoms with Gasteiger partial charge in [0.2, 0.25) is 11.8 Å². The molecule has 0 bridgehead atoms. The van der Waals surface area contributed by atoms with Gasteiger partial charge in [0.25, 0.3) is 0 Å². The summed E-state index contributed by atoms with van der Waals surface area (Å²) in [4.78, 5) is 37.7. The molecule has 0 radical (unpaired) electrons. The van der Waals surface area contributed by atoms with Gasteiger partial charge >= 0.3 is 5.97 Å². The molecule has 3 rings (SSSR count). The Morgan fingerprint density at radius 3 is 2.71 bits per heavy atom. The second-order valence-electron chi connectivity index (χ2n) is 8.21. The number of hydrogen-bond donors (Lipinski definition) is 4. The summed E-state index contributed by atoms with van der Waals surface area (Å²) < 4.78 is 11.4. The molecule has 2 aromatic rings. The van der Waals surface area contributed by atoms with Gasteiger partial charge in [-0.3, -0.25) is 15.0 Å². The molecule has 2 aromatic carbocycles. The number of nitrogens with one attached hydrogen (secondary N) is 2. The zero-order chi connectivity index (χ0) is 25.4. The summed E-state index contributed by atoms with van der Waals surface area (Å²) in [6, 6.07) is 11.6. The lowest BCUT2D eigenvalue weighted by Gasteiger charge is -2.28. The fourth-order valence-electron chi connectivity index (χ4n) is 3.75. The fourth-order valence-corrected chi connectivity index (χ4v) is 3.75. The van der Waals surface area contributed by atoms with E-state index in [1.54, 1.807) is 41.3 Å². The van der Waals surface area contributed by atoms with Crippen molar-refractivity contribution in [2.45, 2.75) is 45.1 Å². The van der Waals surface area contributed by atoms with Crippen LogP contribution in [0.3, 0.4) is 0 Å². The van der Waals surface area contributed by atoms with Gasteiger partial charge in [0.15, 0.2) is 6.61 Å². The maximum atomic E-state index is 12.7. The third-order valence-electron chi connectivity index (χ3n) is 5.53. The molecule has 2 amide bonds. The number of amides is 2. The number of nitrogens with zero attached hydrogens (tertiary/aromatic N) is 1. The SMILES string of the molecule is CCC(CC(=O)Nc1ccc(N2CCCCC2=O)c(OCC(=O)O)c1)Oc1cccc(C(=N)N)c1. The molecule has 10 nitrogen and oxygen atoms in total. The molecule has 1 atom stereocenters. The number of amidine groups is 1. The number of carbonyl (C=O) groups is 3. The molecule has 0 saturated carbocycles. The zero-order valence-electron chi connectivity index (χ0n) is 19.6. The van der Waals surface area contributed by atoms with Crippen molar-refractivity contribution in [2.75, 3.05) is 23.4 Å². The highest BCUT2D eigenvalue weighted by Crippen LogP contribution is 2.34. The lowest BCUT2D eigenvalue weighted by molar-refractivity contribution is -0.139. The van der Waals surface area contributed by atoms with Crippen molar-refractivity contribution in [3.63, 3.8) is 0 Å². The smallest absolute Gasteiger partial charge is 0.341 e. The largest absolute Gasteiger partial charge is 0.490 e.